The van der Waals surface area contributed by atoms with E-state index in [4.69, 9.17) is 9.39 Å². The summed E-state index contributed by atoms with van der Waals surface area (Å²) in [7, 11) is -3.07. The van der Waals surface area contributed by atoms with Crippen molar-refractivity contribution in [1.82, 2.24) is 20.8 Å². The van der Waals surface area contributed by atoms with Crippen LogP contribution in [0.4, 0.5) is 4.79 Å². The number of piperidine rings is 1. The van der Waals surface area contributed by atoms with Crippen molar-refractivity contribution >= 4 is 22.3 Å². The van der Waals surface area contributed by atoms with Gasteiger partial charge in [-0.05, 0) is 31.7 Å². The lowest BCUT2D eigenvalue weighted by Crippen LogP contribution is -2.52. The third-order valence-electron chi connectivity index (χ3n) is 4.77. The fourth-order valence-electron chi connectivity index (χ4n) is 3.39. The molecule has 0 radical (unpaired) electrons. The van der Waals surface area contributed by atoms with Gasteiger partial charge >= 0.3 is 16.4 Å². The van der Waals surface area contributed by atoms with Crippen LogP contribution in [0.25, 0.3) is 0 Å². The number of hydroxylamine groups is 3. The van der Waals surface area contributed by atoms with E-state index in [9.17, 15) is 18.0 Å². The number of nitrogens with zero attached hydrogens (tertiary/aromatic N) is 2. The van der Waals surface area contributed by atoms with E-state index < -0.39 is 34.4 Å². The molecule has 136 valence electrons. The van der Waals surface area contributed by atoms with E-state index in [1.54, 1.807) is 7.05 Å². The number of likely N-dealkylation sites (N-methyl/N-ethyl adjacent to an activating group) is 1. The normalized spacial score (nSPS) is 27.7. The van der Waals surface area contributed by atoms with Crippen LogP contribution in [-0.2, 0) is 24.3 Å². The minimum atomic E-state index is -4.81. The predicted octanol–water partition coefficient (Wildman–Crippen LogP) is -1.35. The summed E-state index contributed by atoms with van der Waals surface area (Å²) in [6.07, 6.45) is 1.92. The number of rotatable bonds is 7. The van der Waals surface area contributed by atoms with Crippen molar-refractivity contribution in [3.8, 4) is 0 Å². The highest BCUT2D eigenvalue weighted by atomic mass is 32.3. The molecule has 2 bridgehead atoms. The van der Waals surface area contributed by atoms with Crippen molar-refractivity contribution < 1.29 is 31.7 Å². The third-order valence-corrected chi connectivity index (χ3v) is 5.12. The van der Waals surface area contributed by atoms with Gasteiger partial charge in [-0.3, -0.25) is 14.2 Å². The van der Waals surface area contributed by atoms with Crippen LogP contribution < -0.4 is 10.8 Å². The zero-order valence-electron chi connectivity index (χ0n) is 13.1. The summed E-state index contributed by atoms with van der Waals surface area (Å²) in [5, 5.41) is 3.54. The van der Waals surface area contributed by atoms with Crippen LogP contribution in [0.5, 0.6) is 0 Å². The van der Waals surface area contributed by atoms with Gasteiger partial charge in [-0.1, -0.05) is 0 Å². The second-order valence-electron chi connectivity index (χ2n) is 6.28. The lowest BCUT2D eigenvalue weighted by atomic mass is 9.85. The summed E-state index contributed by atoms with van der Waals surface area (Å²) in [6, 6.07) is -2.02. The first-order valence-corrected chi connectivity index (χ1v) is 8.97. The number of nitrogens with one attached hydrogen (secondary N) is 2. The van der Waals surface area contributed by atoms with Gasteiger partial charge in [-0.2, -0.15) is 13.5 Å². The van der Waals surface area contributed by atoms with Gasteiger partial charge in [0.1, 0.15) is 6.04 Å². The minimum absolute atomic E-state index is 0.170. The molecule has 3 fully saturated rings. The first-order valence-electron chi connectivity index (χ1n) is 7.60. The second kappa shape index (κ2) is 6.11. The van der Waals surface area contributed by atoms with E-state index in [1.807, 2.05) is 0 Å². The Morgan fingerprint density at radius 1 is 1.46 bits per heavy atom. The Morgan fingerprint density at radius 2 is 2.17 bits per heavy atom. The van der Waals surface area contributed by atoms with Gasteiger partial charge in [-0.15, -0.1) is 4.28 Å². The molecular formula is C12H20N4O7S. The van der Waals surface area contributed by atoms with Crippen LogP contribution >= 0.6 is 0 Å². The molecule has 3 amide bonds. The van der Waals surface area contributed by atoms with Crippen molar-refractivity contribution in [1.29, 1.82) is 0 Å². The van der Waals surface area contributed by atoms with E-state index in [-0.39, 0.29) is 18.6 Å². The molecule has 0 aromatic heterocycles. The molecule has 0 aromatic rings. The van der Waals surface area contributed by atoms with Crippen LogP contribution in [0.2, 0.25) is 0 Å². The van der Waals surface area contributed by atoms with E-state index >= 15 is 0 Å². The summed E-state index contributed by atoms with van der Waals surface area (Å²) in [4.78, 5) is 31.0. The molecule has 1 spiro atoms. The Kier molecular flexibility index (Phi) is 4.42. The van der Waals surface area contributed by atoms with Crippen LogP contribution in [-0.4, -0.2) is 73.7 Å². The Morgan fingerprint density at radius 3 is 2.75 bits per heavy atom. The molecular weight excluding hydrogens is 344 g/mol. The van der Waals surface area contributed by atoms with Crippen molar-refractivity contribution in [2.24, 2.45) is 5.41 Å². The lowest BCUT2D eigenvalue weighted by Gasteiger charge is -2.35. The maximum absolute atomic E-state index is 12.4. The van der Waals surface area contributed by atoms with Gasteiger partial charge in [0, 0.05) is 13.1 Å². The molecule has 3 aliphatic rings. The van der Waals surface area contributed by atoms with Crippen LogP contribution in [0.3, 0.4) is 0 Å². The van der Waals surface area contributed by atoms with Crippen LogP contribution in [0.1, 0.15) is 19.3 Å². The van der Waals surface area contributed by atoms with Gasteiger partial charge < -0.3 is 10.2 Å². The highest BCUT2D eigenvalue weighted by molar-refractivity contribution is 7.80. The summed E-state index contributed by atoms with van der Waals surface area (Å²) >= 11 is 0. The van der Waals surface area contributed by atoms with Gasteiger partial charge in [0.05, 0.1) is 12.6 Å². The van der Waals surface area contributed by atoms with Crippen molar-refractivity contribution in [3.05, 3.63) is 0 Å². The van der Waals surface area contributed by atoms with Gasteiger partial charge in [0.2, 0.25) is 0 Å². The number of hydrogen-bond acceptors (Lipinski definition) is 7. The number of carbonyl (C=O) groups excluding carboxylic acids is 2. The summed E-state index contributed by atoms with van der Waals surface area (Å²) < 4.78 is 35.3. The number of urea groups is 1. The van der Waals surface area contributed by atoms with Gasteiger partial charge in [0.25, 0.3) is 5.91 Å². The van der Waals surface area contributed by atoms with Crippen LogP contribution in [0, 0.1) is 5.41 Å². The largest absolute Gasteiger partial charge is 0.418 e. The Balaban J connectivity index is 1.72. The maximum atomic E-state index is 12.4. The number of hydrogen-bond donors (Lipinski definition) is 3. The SMILES string of the molecule is CNCCONC(=O)[C@@H]1CC2(CC2)[C@H]2CN1C(=O)N2OS(=O)(=O)O. The number of fused-ring (bicyclic) bond motifs is 3. The highest BCUT2D eigenvalue weighted by Gasteiger charge is 2.65. The molecule has 2 saturated heterocycles. The minimum Gasteiger partial charge on any atom is -0.317 e. The second-order valence-corrected chi connectivity index (χ2v) is 7.28. The molecule has 11 nitrogen and oxygen atoms in total. The number of carbonyl (C=O) groups is 2. The molecule has 1 saturated carbocycles. The summed E-state index contributed by atoms with van der Waals surface area (Å²) in [5.74, 6) is -0.460. The van der Waals surface area contributed by atoms with E-state index in [0.29, 0.717) is 18.0 Å². The summed E-state index contributed by atoms with van der Waals surface area (Å²) in [6.45, 7) is 0.993. The van der Waals surface area contributed by atoms with Gasteiger partial charge in [-0.25, -0.2) is 10.3 Å². The monoisotopic (exact) mass is 364 g/mol. The molecule has 3 rings (SSSR count). The summed E-state index contributed by atoms with van der Waals surface area (Å²) in [5.41, 5.74) is 1.96. The molecule has 12 heteroatoms. The Labute approximate surface area is 139 Å². The highest BCUT2D eigenvalue weighted by Crippen LogP contribution is 2.59. The average molecular weight is 364 g/mol. The molecule has 2 aliphatic heterocycles. The molecule has 2 heterocycles. The first-order chi connectivity index (χ1) is 11.3. The lowest BCUT2D eigenvalue weighted by molar-refractivity contribution is -0.139. The standard InChI is InChI=1S/C12H20N4O7S/c1-13-4-5-22-14-10(17)8-6-12(2-3-12)9-7-15(8)11(18)16(9)23-24(19,20)21/h8-9,13H,2-7H2,1H3,(H,14,17)(H,19,20,21)/t8-,9+/m0/s1. The average Bonchev–Trinajstić information content (AvgIpc) is 3.22. The van der Waals surface area contributed by atoms with E-state index in [2.05, 4.69) is 15.1 Å². The Hall–Kier alpha value is -1.47. The molecule has 0 aromatic carbocycles. The Bertz CT molecular complexity index is 635. The maximum Gasteiger partial charge on any atom is 0.418 e. The third kappa shape index (κ3) is 3.19. The zero-order chi connectivity index (χ0) is 17.5. The molecule has 24 heavy (non-hydrogen) atoms. The van der Waals surface area contributed by atoms with Crippen LogP contribution in [0.15, 0.2) is 0 Å². The van der Waals surface area contributed by atoms with E-state index in [1.165, 1.54) is 4.90 Å². The quantitative estimate of drug-likeness (QED) is 0.286. The fraction of sp³-hybridized carbons (Fsp3) is 0.833. The van der Waals surface area contributed by atoms with Gasteiger partial charge in [0.15, 0.2) is 0 Å². The zero-order valence-corrected chi connectivity index (χ0v) is 13.9. The van der Waals surface area contributed by atoms with Crippen molar-refractivity contribution in [2.45, 2.75) is 31.3 Å². The van der Waals surface area contributed by atoms with E-state index in [0.717, 1.165) is 12.8 Å². The molecule has 0 unspecified atom stereocenters. The molecule has 2 atom stereocenters. The van der Waals surface area contributed by atoms with Crippen molar-refractivity contribution in [3.63, 3.8) is 0 Å². The topological polar surface area (TPSA) is 138 Å². The molecule has 1 aliphatic carbocycles. The number of amides is 3. The smallest absolute Gasteiger partial charge is 0.317 e. The predicted molar refractivity (Wildman–Crippen MR) is 78.5 cm³/mol. The first kappa shape index (κ1) is 17.4. The molecule has 3 N–H and O–H groups in total. The van der Waals surface area contributed by atoms with Crippen molar-refractivity contribution in [2.75, 3.05) is 26.7 Å². The fourth-order valence-corrected chi connectivity index (χ4v) is 3.76.